The molecule has 1 aliphatic carbocycles. The first-order chi connectivity index (χ1) is 4.33. The van der Waals surface area contributed by atoms with Crippen molar-refractivity contribution in [2.75, 3.05) is 0 Å². The van der Waals surface area contributed by atoms with Crippen LogP contribution in [0.1, 0.15) is 26.2 Å². The third-order valence-electron chi connectivity index (χ3n) is 1.18. The van der Waals surface area contributed by atoms with Crippen LogP contribution in [0.15, 0.2) is 0 Å². The van der Waals surface area contributed by atoms with Crippen LogP contribution < -0.4 is 0 Å². The van der Waals surface area contributed by atoms with E-state index in [4.69, 9.17) is 4.74 Å². The van der Waals surface area contributed by atoms with E-state index < -0.39 is 0 Å². The number of carbonyl (C=O) groups excluding carboxylic acids is 1. The summed E-state index contributed by atoms with van der Waals surface area (Å²) < 4.78 is 4.91. The second-order valence-electron chi connectivity index (χ2n) is 2.25. The molecule has 0 aliphatic heterocycles. The number of ether oxygens (including phenoxy) is 1. The van der Waals surface area contributed by atoms with E-state index in [-0.39, 0.29) is 12.1 Å². The monoisotopic (exact) mass is 127 g/mol. The molecule has 0 aromatic carbocycles. The van der Waals surface area contributed by atoms with E-state index in [1.807, 2.05) is 6.92 Å². The maximum Gasteiger partial charge on any atom is 0.310 e. The van der Waals surface area contributed by atoms with Gasteiger partial charge in [-0.1, -0.05) is 6.92 Å². The molecule has 0 N–H and O–H groups in total. The van der Waals surface area contributed by atoms with Gasteiger partial charge in [-0.15, -0.1) is 0 Å². The van der Waals surface area contributed by atoms with Gasteiger partial charge < -0.3 is 4.74 Å². The summed E-state index contributed by atoms with van der Waals surface area (Å²) in [6.07, 6.45) is 4.71. The van der Waals surface area contributed by atoms with Gasteiger partial charge in [-0.3, -0.25) is 4.79 Å². The molecule has 1 radical (unpaired) electrons. The summed E-state index contributed by atoms with van der Waals surface area (Å²) in [5.41, 5.74) is 0. The van der Waals surface area contributed by atoms with Gasteiger partial charge in [-0.2, -0.15) is 0 Å². The smallest absolute Gasteiger partial charge is 0.310 e. The van der Waals surface area contributed by atoms with E-state index in [9.17, 15) is 4.79 Å². The first kappa shape index (κ1) is 6.59. The van der Waals surface area contributed by atoms with E-state index in [0.717, 1.165) is 19.3 Å². The number of esters is 1. The maximum atomic E-state index is 10.6. The van der Waals surface area contributed by atoms with Gasteiger partial charge in [0.05, 0.1) is 6.42 Å². The molecule has 0 aromatic heterocycles. The summed E-state index contributed by atoms with van der Waals surface area (Å²) in [4.78, 5) is 10.6. The lowest BCUT2D eigenvalue weighted by molar-refractivity contribution is -0.140. The molecular weight excluding hydrogens is 116 g/mol. The average molecular weight is 127 g/mol. The van der Waals surface area contributed by atoms with E-state index in [2.05, 4.69) is 0 Å². The molecule has 0 heterocycles. The fourth-order valence-electron chi connectivity index (χ4n) is 0.565. The molecular formula is C7H11O2. The van der Waals surface area contributed by atoms with Gasteiger partial charge in [0, 0.05) is 0 Å². The Balaban J connectivity index is 2.02. The normalized spacial score (nSPS) is 17.4. The van der Waals surface area contributed by atoms with Crippen molar-refractivity contribution in [2.24, 2.45) is 0 Å². The lowest BCUT2D eigenvalue weighted by atomic mass is 10.3. The molecule has 0 amide bonds. The first-order valence-corrected chi connectivity index (χ1v) is 3.36. The number of hydrogen-bond acceptors (Lipinski definition) is 2. The van der Waals surface area contributed by atoms with Crippen LogP contribution in [0.4, 0.5) is 0 Å². The van der Waals surface area contributed by atoms with Crippen LogP contribution in [0.3, 0.4) is 0 Å². The largest absolute Gasteiger partial charge is 0.462 e. The standard InChI is InChI=1S/C7H11O2/c1-2-3-7(8)9-6-4-5-6/h3,6H,2,4-5H2,1H3. The fourth-order valence-corrected chi connectivity index (χ4v) is 0.565. The zero-order valence-corrected chi connectivity index (χ0v) is 5.59. The minimum absolute atomic E-state index is 0.153. The molecule has 1 aliphatic rings. The Hall–Kier alpha value is -0.530. The second-order valence-corrected chi connectivity index (χ2v) is 2.25. The van der Waals surface area contributed by atoms with Gasteiger partial charge in [0.2, 0.25) is 0 Å². The Labute approximate surface area is 55.2 Å². The molecule has 1 fully saturated rings. The van der Waals surface area contributed by atoms with E-state index >= 15 is 0 Å². The zero-order chi connectivity index (χ0) is 6.69. The van der Waals surface area contributed by atoms with Crippen molar-refractivity contribution in [2.45, 2.75) is 32.3 Å². The van der Waals surface area contributed by atoms with E-state index in [1.54, 1.807) is 6.42 Å². The van der Waals surface area contributed by atoms with Crippen molar-refractivity contribution in [3.8, 4) is 0 Å². The molecule has 0 spiro atoms. The molecule has 2 heteroatoms. The number of carbonyl (C=O) groups is 1. The van der Waals surface area contributed by atoms with Gasteiger partial charge >= 0.3 is 5.97 Å². The molecule has 0 atom stereocenters. The topological polar surface area (TPSA) is 26.3 Å². The highest BCUT2D eigenvalue weighted by molar-refractivity contribution is 5.78. The van der Waals surface area contributed by atoms with E-state index in [0.29, 0.717) is 0 Å². The van der Waals surface area contributed by atoms with Crippen LogP contribution >= 0.6 is 0 Å². The molecule has 1 rings (SSSR count). The third-order valence-corrected chi connectivity index (χ3v) is 1.18. The van der Waals surface area contributed by atoms with Crippen LogP contribution in [0.5, 0.6) is 0 Å². The van der Waals surface area contributed by atoms with Crippen molar-refractivity contribution < 1.29 is 9.53 Å². The summed E-state index contributed by atoms with van der Waals surface area (Å²) in [6, 6.07) is 0. The van der Waals surface area contributed by atoms with Crippen molar-refractivity contribution in [1.29, 1.82) is 0 Å². The van der Waals surface area contributed by atoms with Gasteiger partial charge in [-0.05, 0) is 19.3 Å². The Morgan fingerprint density at radius 1 is 1.78 bits per heavy atom. The minimum Gasteiger partial charge on any atom is -0.462 e. The highest BCUT2D eigenvalue weighted by Gasteiger charge is 2.25. The fraction of sp³-hybridized carbons (Fsp3) is 0.714. The molecule has 0 bridgehead atoms. The van der Waals surface area contributed by atoms with Gasteiger partial charge in [0.25, 0.3) is 0 Å². The van der Waals surface area contributed by atoms with Crippen molar-refractivity contribution >= 4 is 5.97 Å². The average Bonchev–Trinajstić information content (AvgIpc) is 2.50. The molecule has 0 unspecified atom stereocenters. The Kier molecular flexibility index (Phi) is 2.09. The highest BCUT2D eigenvalue weighted by atomic mass is 16.5. The molecule has 51 valence electrons. The predicted octanol–water partition coefficient (Wildman–Crippen LogP) is 1.31. The van der Waals surface area contributed by atoms with E-state index in [1.165, 1.54) is 0 Å². The molecule has 9 heavy (non-hydrogen) atoms. The Morgan fingerprint density at radius 2 is 2.44 bits per heavy atom. The zero-order valence-electron chi connectivity index (χ0n) is 5.59. The molecule has 0 saturated heterocycles. The SMILES string of the molecule is CC[CH]C(=O)OC1CC1. The van der Waals surface area contributed by atoms with Gasteiger partial charge in [-0.25, -0.2) is 0 Å². The lowest BCUT2D eigenvalue weighted by Gasteiger charge is -1.97. The third kappa shape index (κ3) is 2.49. The minimum atomic E-state index is -0.153. The van der Waals surface area contributed by atoms with Gasteiger partial charge in [0.15, 0.2) is 0 Å². The summed E-state index contributed by atoms with van der Waals surface area (Å²) in [7, 11) is 0. The summed E-state index contributed by atoms with van der Waals surface area (Å²) >= 11 is 0. The Morgan fingerprint density at radius 3 is 2.89 bits per heavy atom. The van der Waals surface area contributed by atoms with Crippen LogP contribution in [-0.2, 0) is 9.53 Å². The van der Waals surface area contributed by atoms with Crippen molar-refractivity contribution in [3.05, 3.63) is 6.42 Å². The molecule has 1 saturated carbocycles. The summed E-state index contributed by atoms with van der Waals surface area (Å²) in [6.45, 7) is 1.92. The summed E-state index contributed by atoms with van der Waals surface area (Å²) in [5.74, 6) is -0.153. The van der Waals surface area contributed by atoms with Crippen molar-refractivity contribution in [3.63, 3.8) is 0 Å². The highest BCUT2D eigenvalue weighted by Crippen LogP contribution is 2.23. The number of rotatable bonds is 3. The van der Waals surface area contributed by atoms with Crippen LogP contribution in [0, 0.1) is 6.42 Å². The maximum absolute atomic E-state index is 10.6. The quantitative estimate of drug-likeness (QED) is 0.534. The molecule has 2 nitrogen and oxygen atoms in total. The lowest BCUT2D eigenvalue weighted by Crippen LogP contribution is -2.05. The molecule has 0 aromatic rings. The van der Waals surface area contributed by atoms with Crippen LogP contribution in [-0.4, -0.2) is 12.1 Å². The first-order valence-electron chi connectivity index (χ1n) is 3.36. The second kappa shape index (κ2) is 2.85. The predicted molar refractivity (Wildman–Crippen MR) is 33.7 cm³/mol. The van der Waals surface area contributed by atoms with Crippen molar-refractivity contribution in [1.82, 2.24) is 0 Å². The summed E-state index contributed by atoms with van der Waals surface area (Å²) in [5, 5.41) is 0. The van der Waals surface area contributed by atoms with Crippen LogP contribution in [0.25, 0.3) is 0 Å². The van der Waals surface area contributed by atoms with Crippen LogP contribution in [0.2, 0.25) is 0 Å². The Bertz CT molecular complexity index is 105. The number of hydrogen-bond donors (Lipinski definition) is 0. The van der Waals surface area contributed by atoms with Gasteiger partial charge in [0.1, 0.15) is 6.10 Å².